The Morgan fingerprint density at radius 3 is 2.25 bits per heavy atom. The second-order valence-electron chi connectivity index (χ2n) is 9.71. The molecule has 3 heterocycles. The SMILES string of the molecule is C.COc1c2c(nc3ccccc13)CN(CCC1CCN(Cc3ccccc3)CC1)C2=O.O=C(O)/C=C/C(=O)O. The minimum atomic E-state index is -1.26. The Labute approximate surface area is 234 Å². The van der Waals surface area contributed by atoms with Crippen molar-refractivity contribution in [1.82, 2.24) is 14.8 Å². The highest BCUT2D eigenvalue weighted by Crippen LogP contribution is 2.36. The molecule has 9 nitrogen and oxygen atoms in total. The summed E-state index contributed by atoms with van der Waals surface area (Å²) in [5.74, 6) is -1.11. The molecule has 9 heteroatoms. The molecule has 40 heavy (non-hydrogen) atoms. The van der Waals surface area contributed by atoms with Crippen molar-refractivity contribution in [1.29, 1.82) is 0 Å². The number of aromatic nitrogens is 1. The van der Waals surface area contributed by atoms with Gasteiger partial charge in [-0.3, -0.25) is 9.69 Å². The number of nitrogens with zero attached hydrogens (tertiary/aromatic N) is 3. The number of carbonyl (C=O) groups is 3. The fraction of sp³-hybridized carbons (Fsp3) is 0.355. The number of aliphatic carboxylic acids is 2. The number of carbonyl (C=O) groups excluding carboxylic acids is 1. The largest absolute Gasteiger partial charge is 0.495 e. The maximum atomic E-state index is 13.1. The number of carboxylic acid groups (broad SMARTS) is 2. The van der Waals surface area contributed by atoms with E-state index in [1.807, 2.05) is 29.2 Å². The van der Waals surface area contributed by atoms with Gasteiger partial charge in [0.25, 0.3) is 5.91 Å². The monoisotopic (exact) mass is 547 g/mol. The number of likely N-dealkylation sites (tertiary alicyclic amines) is 1. The van der Waals surface area contributed by atoms with Crippen LogP contribution in [0.1, 0.15) is 48.3 Å². The summed E-state index contributed by atoms with van der Waals surface area (Å²) in [4.78, 5) is 41.5. The number of benzene rings is 2. The molecule has 0 radical (unpaired) electrons. The molecule has 0 aliphatic carbocycles. The zero-order valence-electron chi connectivity index (χ0n) is 22.0. The van der Waals surface area contributed by atoms with E-state index < -0.39 is 11.9 Å². The molecule has 2 aromatic carbocycles. The Morgan fingerprint density at radius 1 is 1.00 bits per heavy atom. The van der Waals surface area contributed by atoms with Gasteiger partial charge in [-0.15, -0.1) is 0 Å². The van der Waals surface area contributed by atoms with Crippen molar-refractivity contribution in [2.24, 2.45) is 5.92 Å². The van der Waals surface area contributed by atoms with Crippen molar-refractivity contribution in [2.45, 2.75) is 39.8 Å². The maximum absolute atomic E-state index is 13.1. The molecule has 1 aromatic heterocycles. The van der Waals surface area contributed by atoms with E-state index in [1.165, 1.54) is 18.4 Å². The number of pyridine rings is 1. The molecule has 0 atom stereocenters. The average molecular weight is 548 g/mol. The quantitative estimate of drug-likeness (QED) is 0.384. The van der Waals surface area contributed by atoms with Crippen LogP contribution < -0.4 is 4.74 Å². The lowest BCUT2D eigenvalue weighted by Gasteiger charge is -2.32. The second-order valence-corrected chi connectivity index (χ2v) is 9.71. The van der Waals surface area contributed by atoms with Gasteiger partial charge in [0, 0.05) is 30.6 Å². The predicted octanol–water partition coefficient (Wildman–Crippen LogP) is 4.85. The van der Waals surface area contributed by atoms with Gasteiger partial charge < -0.3 is 19.8 Å². The summed E-state index contributed by atoms with van der Waals surface area (Å²) in [5.41, 5.74) is 3.77. The van der Waals surface area contributed by atoms with Crippen LogP contribution in [0.25, 0.3) is 10.9 Å². The molecule has 0 bridgehead atoms. The molecule has 2 aliphatic rings. The lowest BCUT2D eigenvalue weighted by molar-refractivity contribution is -0.134. The van der Waals surface area contributed by atoms with Crippen LogP contribution in [0.2, 0.25) is 0 Å². The number of hydrogen-bond acceptors (Lipinski definition) is 6. The number of piperidine rings is 1. The Morgan fingerprint density at radius 2 is 1.62 bits per heavy atom. The van der Waals surface area contributed by atoms with Crippen LogP contribution in [0.3, 0.4) is 0 Å². The summed E-state index contributed by atoms with van der Waals surface area (Å²) in [6.07, 6.45) is 4.58. The van der Waals surface area contributed by atoms with E-state index in [4.69, 9.17) is 19.9 Å². The molecule has 5 rings (SSSR count). The molecule has 2 aliphatic heterocycles. The fourth-order valence-electron chi connectivity index (χ4n) is 5.12. The van der Waals surface area contributed by atoms with Gasteiger partial charge in [-0.05, 0) is 56.0 Å². The zero-order chi connectivity index (χ0) is 27.8. The van der Waals surface area contributed by atoms with Crippen molar-refractivity contribution in [3.05, 3.63) is 83.6 Å². The lowest BCUT2D eigenvalue weighted by Crippen LogP contribution is -2.35. The fourth-order valence-corrected chi connectivity index (χ4v) is 5.12. The first-order valence-corrected chi connectivity index (χ1v) is 13.0. The molecule has 0 saturated carbocycles. The van der Waals surface area contributed by atoms with Gasteiger partial charge in [-0.2, -0.15) is 0 Å². The van der Waals surface area contributed by atoms with E-state index in [-0.39, 0.29) is 13.3 Å². The van der Waals surface area contributed by atoms with Crippen LogP contribution in [-0.2, 0) is 22.7 Å². The summed E-state index contributed by atoms with van der Waals surface area (Å²) in [7, 11) is 1.64. The molecule has 3 aromatic rings. The summed E-state index contributed by atoms with van der Waals surface area (Å²) in [6, 6.07) is 18.6. The Balaban J connectivity index is 0.000000431. The number of rotatable bonds is 8. The van der Waals surface area contributed by atoms with Gasteiger partial charge in [-0.1, -0.05) is 49.9 Å². The minimum absolute atomic E-state index is 0. The summed E-state index contributed by atoms with van der Waals surface area (Å²) >= 11 is 0. The van der Waals surface area contributed by atoms with Crippen LogP contribution >= 0.6 is 0 Å². The molecule has 1 fully saturated rings. The number of ether oxygens (including phenoxy) is 1. The molecule has 0 spiro atoms. The third-order valence-corrected chi connectivity index (χ3v) is 7.10. The number of para-hydroxylation sites is 1. The van der Waals surface area contributed by atoms with Gasteiger partial charge in [0.15, 0.2) is 0 Å². The molecule has 0 unspecified atom stereocenters. The van der Waals surface area contributed by atoms with E-state index in [0.717, 1.165) is 49.2 Å². The topological polar surface area (TPSA) is 120 Å². The standard InChI is InChI=1S/C26H29N3O2.C4H4O4.CH4/c1-31-25-21-9-5-6-10-22(21)27-23-18-29(26(30)24(23)25)16-13-19-11-14-28(15-12-19)17-20-7-3-2-4-8-20;5-3(6)1-2-4(7)8;/h2-10,19H,11-18H2,1H3;1-2H,(H,5,6)(H,7,8);1H4/b;2-1+;. The molecule has 212 valence electrons. The Bertz CT molecular complexity index is 1330. The van der Waals surface area contributed by atoms with Crippen LogP contribution in [-0.4, -0.2) is 69.6 Å². The normalized spacial score (nSPS) is 15.3. The van der Waals surface area contributed by atoms with Crippen molar-refractivity contribution in [3.8, 4) is 5.75 Å². The number of methoxy groups -OCH3 is 1. The van der Waals surface area contributed by atoms with E-state index in [0.29, 0.717) is 35.9 Å². The summed E-state index contributed by atoms with van der Waals surface area (Å²) in [5, 5.41) is 16.5. The molecular weight excluding hydrogens is 510 g/mol. The highest BCUT2D eigenvalue weighted by atomic mass is 16.5. The first-order valence-electron chi connectivity index (χ1n) is 13.0. The smallest absolute Gasteiger partial charge is 0.328 e. The van der Waals surface area contributed by atoms with E-state index in [1.54, 1.807) is 7.11 Å². The zero-order valence-corrected chi connectivity index (χ0v) is 22.0. The number of carboxylic acids is 2. The van der Waals surface area contributed by atoms with Gasteiger partial charge >= 0.3 is 11.9 Å². The van der Waals surface area contributed by atoms with E-state index in [2.05, 4.69) is 35.2 Å². The predicted molar refractivity (Wildman–Crippen MR) is 153 cm³/mol. The van der Waals surface area contributed by atoms with Crippen molar-refractivity contribution >= 4 is 28.7 Å². The number of amides is 1. The Kier molecular flexibility index (Phi) is 10.8. The minimum Gasteiger partial charge on any atom is -0.495 e. The highest BCUT2D eigenvalue weighted by molar-refractivity contribution is 6.05. The average Bonchev–Trinajstić information content (AvgIpc) is 3.25. The van der Waals surface area contributed by atoms with Gasteiger partial charge in [-0.25, -0.2) is 14.6 Å². The Hall–Kier alpha value is -4.24. The number of hydrogen-bond donors (Lipinski definition) is 2. The van der Waals surface area contributed by atoms with Crippen LogP contribution in [0.4, 0.5) is 0 Å². The van der Waals surface area contributed by atoms with Crippen molar-refractivity contribution in [3.63, 3.8) is 0 Å². The van der Waals surface area contributed by atoms with Crippen molar-refractivity contribution < 1.29 is 29.3 Å². The summed E-state index contributed by atoms with van der Waals surface area (Å²) in [6.45, 7) is 4.68. The van der Waals surface area contributed by atoms with Gasteiger partial charge in [0.2, 0.25) is 0 Å². The second kappa shape index (κ2) is 14.2. The lowest BCUT2D eigenvalue weighted by atomic mass is 9.93. The maximum Gasteiger partial charge on any atom is 0.328 e. The first-order chi connectivity index (χ1) is 18.9. The third kappa shape index (κ3) is 7.66. The van der Waals surface area contributed by atoms with E-state index in [9.17, 15) is 14.4 Å². The molecular formula is C31H37N3O6. The molecule has 1 saturated heterocycles. The third-order valence-electron chi connectivity index (χ3n) is 7.10. The van der Waals surface area contributed by atoms with Gasteiger partial charge in [0.05, 0.1) is 24.9 Å². The van der Waals surface area contributed by atoms with Crippen LogP contribution in [0.15, 0.2) is 66.7 Å². The number of fused-ring (bicyclic) bond motifs is 2. The molecule has 2 N–H and O–H groups in total. The van der Waals surface area contributed by atoms with Crippen molar-refractivity contribution in [2.75, 3.05) is 26.7 Å². The van der Waals surface area contributed by atoms with Crippen LogP contribution in [0.5, 0.6) is 5.75 Å². The van der Waals surface area contributed by atoms with Gasteiger partial charge in [0.1, 0.15) is 11.3 Å². The van der Waals surface area contributed by atoms with Crippen LogP contribution in [0, 0.1) is 5.92 Å². The first kappa shape index (κ1) is 30.3. The highest BCUT2D eigenvalue weighted by Gasteiger charge is 2.33. The molecule has 1 amide bonds. The van der Waals surface area contributed by atoms with E-state index >= 15 is 0 Å². The summed E-state index contributed by atoms with van der Waals surface area (Å²) < 4.78 is 5.65.